The van der Waals surface area contributed by atoms with Crippen molar-refractivity contribution in [3.63, 3.8) is 0 Å². The molecule has 2 rings (SSSR count). The molecule has 0 aliphatic carbocycles. The number of carboxylic acids is 1. The third-order valence-electron chi connectivity index (χ3n) is 3.34. The number of hydrogen-bond donors (Lipinski definition) is 2. The summed E-state index contributed by atoms with van der Waals surface area (Å²) in [6, 6.07) is 12.4. The summed E-state index contributed by atoms with van der Waals surface area (Å²) in [6.45, 7) is 0.0518. The molecular weight excluding hydrogens is 381 g/mol. The van der Waals surface area contributed by atoms with Gasteiger partial charge in [0.05, 0.1) is 5.02 Å². The van der Waals surface area contributed by atoms with Crippen molar-refractivity contribution >= 4 is 35.4 Å². The maximum atomic E-state index is 13.4. The zero-order valence-corrected chi connectivity index (χ0v) is 15.2. The van der Waals surface area contributed by atoms with E-state index in [1.807, 2.05) is 18.2 Å². The van der Waals surface area contributed by atoms with Gasteiger partial charge in [-0.25, -0.2) is 14.0 Å². The summed E-state index contributed by atoms with van der Waals surface area (Å²) in [5.41, 5.74) is 1.47. The van der Waals surface area contributed by atoms with Gasteiger partial charge in [0.2, 0.25) is 0 Å². The van der Waals surface area contributed by atoms with E-state index in [4.69, 9.17) is 16.3 Å². The zero-order chi connectivity index (χ0) is 18.9. The van der Waals surface area contributed by atoms with Gasteiger partial charge in [0.15, 0.2) is 0 Å². The second-order valence-corrected chi connectivity index (χ2v) is 6.80. The minimum Gasteiger partial charge on any atom is -0.480 e. The maximum absolute atomic E-state index is 13.4. The van der Waals surface area contributed by atoms with Crippen LogP contribution in [0.5, 0.6) is 0 Å². The lowest BCUT2D eigenvalue weighted by molar-refractivity contribution is -0.138. The van der Waals surface area contributed by atoms with Crippen LogP contribution in [0.3, 0.4) is 0 Å². The molecule has 26 heavy (non-hydrogen) atoms. The molecule has 2 N–H and O–H groups in total. The lowest BCUT2D eigenvalue weighted by atomic mass is 10.2. The van der Waals surface area contributed by atoms with Crippen LogP contribution in [-0.2, 0) is 21.9 Å². The number of carboxylic acid groups (broad SMARTS) is 1. The second kappa shape index (κ2) is 10.0. The Morgan fingerprint density at radius 3 is 2.58 bits per heavy atom. The highest BCUT2D eigenvalue weighted by Gasteiger charge is 2.20. The number of alkyl carbamates (subject to hydrolysis) is 1. The van der Waals surface area contributed by atoms with Crippen molar-refractivity contribution in [2.24, 2.45) is 0 Å². The van der Waals surface area contributed by atoms with E-state index in [-0.39, 0.29) is 17.4 Å². The minimum absolute atomic E-state index is 0.0324. The van der Waals surface area contributed by atoms with Crippen LogP contribution >= 0.6 is 23.4 Å². The van der Waals surface area contributed by atoms with Crippen LogP contribution in [0.15, 0.2) is 48.5 Å². The Hall–Kier alpha value is -2.25. The molecule has 0 saturated heterocycles. The lowest BCUT2D eigenvalue weighted by Gasteiger charge is -2.14. The molecule has 0 saturated carbocycles. The zero-order valence-electron chi connectivity index (χ0n) is 13.7. The number of thioether (sulfide) groups is 1. The molecule has 138 valence electrons. The van der Waals surface area contributed by atoms with Crippen LogP contribution in [-0.4, -0.2) is 29.0 Å². The molecule has 0 bridgehead atoms. The van der Waals surface area contributed by atoms with Crippen molar-refractivity contribution in [3.8, 4) is 0 Å². The average Bonchev–Trinajstić information content (AvgIpc) is 2.63. The quantitative estimate of drug-likeness (QED) is 0.701. The fourth-order valence-corrected chi connectivity index (χ4v) is 3.12. The van der Waals surface area contributed by atoms with Crippen LogP contribution < -0.4 is 5.32 Å². The summed E-state index contributed by atoms with van der Waals surface area (Å²) in [5.74, 6) is -1.20. The monoisotopic (exact) mass is 397 g/mol. The average molecular weight is 398 g/mol. The van der Waals surface area contributed by atoms with E-state index in [1.54, 1.807) is 18.2 Å². The van der Waals surface area contributed by atoms with E-state index >= 15 is 0 Å². The molecule has 0 aliphatic heterocycles. The maximum Gasteiger partial charge on any atom is 0.408 e. The highest BCUT2D eigenvalue weighted by atomic mass is 35.5. The summed E-state index contributed by atoms with van der Waals surface area (Å²) in [6.07, 6.45) is -0.806. The molecular formula is C18H17ClFNO4S. The van der Waals surface area contributed by atoms with Crippen LogP contribution in [0.1, 0.15) is 11.1 Å². The molecule has 0 aromatic heterocycles. The van der Waals surface area contributed by atoms with Crippen LogP contribution in [0.2, 0.25) is 5.02 Å². The Labute approximate surface area is 159 Å². The Bertz CT molecular complexity index is 760. The largest absolute Gasteiger partial charge is 0.480 e. The van der Waals surface area contributed by atoms with Gasteiger partial charge in [0.25, 0.3) is 0 Å². The predicted octanol–water partition coefficient (Wildman–Crippen LogP) is 4.09. The van der Waals surface area contributed by atoms with Crippen LogP contribution in [0, 0.1) is 5.82 Å². The number of halogens is 2. The molecule has 1 atom stereocenters. The number of rotatable bonds is 8. The topological polar surface area (TPSA) is 75.6 Å². The van der Waals surface area contributed by atoms with Gasteiger partial charge in [-0.2, -0.15) is 11.8 Å². The molecule has 1 unspecified atom stereocenters. The smallest absolute Gasteiger partial charge is 0.408 e. The van der Waals surface area contributed by atoms with Crippen molar-refractivity contribution in [2.45, 2.75) is 18.4 Å². The van der Waals surface area contributed by atoms with Gasteiger partial charge in [0, 0.05) is 11.5 Å². The van der Waals surface area contributed by atoms with Crippen molar-refractivity contribution in [3.05, 3.63) is 70.5 Å². The first-order chi connectivity index (χ1) is 12.5. The summed E-state index contributed by atoms with van der Waals surface area (Å²) in [7, 11) is 0. The van der Waals surface area contributed by atoms with Gasteiger partial charge in [-0.15, -0.1) is 0 Å². The van der Waals surface area contributed by atoms with Gasteiger partial charge in [0.1, 0.15) is 18.5 Å². The first-order valence-corrected chi connectivity index (χ1v) is 9.20. The van der Waals surface area contributed by atoms with Gasteiger partial charge in [-0.1, -0.05) is 48.0 Å². The van der Waals surface area contributed by atoms with Crippen LogP contribution in [0.4, 0.5) is 9.18 Å². The molecule has 1 amide bonds. The summed E-state index contributed by atoms with van der Waals surface area (Å²) < 4.78 is 18.4. The standard InChI is InChI=1S/C18H17ClFNO4S/c19-14-7-6-13(8-15(14)20)10-26-11-16(17(22)23)21-18(24)25-9-12-4-2-1-3-5-12/h1-8,16H,9-11H2,(H,21,24)(H,22,23). The van der Waals surface area contributed by atoms with Gasteiger partial charge < -0.3 is 15.2 Å². The molecule has 8 heteroatoms. The fourth-order valence-electron chi connectivity index (χ4n) is 2.01. The SMILES string of the molecule is O=C(NC(CSCc1ccc(Cl)c(F)c1)C(=O)O)OCc1ccccc1. The molecule has 5 nitrogen and oxygen atoms in total. The molecule has 0 radical (unpaired) electrons. The highest BCUT2D eigenvalue weighted by molar-refractivity contribution is 7.98. The Kier molecular flexibility index (Phi) is 7.74. The van der Waals surface area contributed by atoms with Crippen LogP contribution in [0.25, 0.3) is 0 Å². The number of carbonyl (C=O) groups is 2. The lowest BCUT2D eigenvalue weighted by Crippen LogP contribution is -2.42. The number of nitrogens with one attached hydrogen (secondary N) is 1. The molecule has 2 aromatic carbocycles. The summed E-state index contributed by atoms with van der Waals surface area (Å²) in [5, 5.41) is 11.6. The van der Waals surface area contributed by atoms with E-state index < -0.39 is 23.9 Å². The third-order valence-corrected chi connectivity index (χ3v) is 4.75. The van der Waals surface area contributed by atoms with Crippen molar-refractivity contribution in [1.29, 1.82) is 0 Å². The van der Waals surface area contributed by atoms with E-state index in [2.05, 4.69) is 5.32 Å². The predicted molar refractivity (Wildman–Crippen MR) is 98.8 cm³/mol. The number of aliphatic carboxylic acids is 1. The normalized spacial score (nSPS) is 11.6. The second-order valence-electron chi connectivity index (χ2n) is 5.36. The third kappa shape index (κ3) is 6.57. The van der Waals surface area contributed by atoms with Gasteiger partial charge in [-0.05, 0) is 23.3 Å². The Balaban J connectivity index is 1.79. The first kappa shape index (κ1) is 20.1. The first-order valence-electron chi connectivity index (χ1n) is 7.67. The van der Waals surface area contributed by atoms with Crippen molar-refractivity contribution < 1.29 is 23.8 Å². The molecule has 0 fully saturated rings. The Morgan fingerprint density at radius 2 is 1.92 bits per heavy atom. The Morgan fingerprint density at radius 1 is 1.19 bits per heavy atom. The molecule has 0 heterocycles. The fraction of sp³-hybridized carbons (Fsp3) is 0.222. The van der Waals surface area contributed by atoms with Crippen molar-refractivity contribution in [2.75, 3.05) is 5.75 Å². The minimum atomic E-state index is -1.17. The van der Waals surface area contributed by atoms with E-state index in [0.29, 0.717) is 11.3 Å². The highest BCUT2D eigenvalue weighted by Crippen LogP contribution is 2.19. The summed E-state index contributed by atoms with van der Waals surface area (Å²) >= 11 is 6.87. The number of amides is 1. The van der Waals surface area contributed by atoms with E-state index in [9.17, 15) is 19.1 Å². The van der Waals surface area contributed by atoms with E-state index in [0.717, 1.165) is 5.56 Å². The van der Waals surface area contributed by atoms with Gasteiger partial charge >= 0.3 is 12.1 Å². The number of ether oxygens (including phenoxy) is 1. The van der Waals surface area contributed by atoms with Crippen molar-refractivity contribution in [1.82, 2.24) is 5.32 Å². The molecule has 0 aliphatic rings. The van der Waals surface area contributed by atoms with E-state index in [1.165, 1.54) is 23.9 Å². The summed E-state index contributed by atoms with van der Waals surface area (Å²) in [4.78, 5) is 23.1. The van der Waals surface area contributed by atoms with Gasteiger partial charge in [-0.3, -0.25) is 0 Å². The number of benzene rings is 2. The number of hydrogen-bond acceptors (Lipinski definition) is 4. The molecule has 0 spiro atoms. The molecule has 2 aromatic rings. The number of carbonyl (C=O) groups excluding carboxylic acids is 1.